The lowest BCUT2D eigenvalue weighted by atomic mass is 10.0. The number of nitrogens with one attached hydrogen (secondary N) is 1. The topological polar surface area (TPSA) is 115 Å². The summed E-state index contributed by atoms with van der Waals surface area (Å²) in [5.41, 5.74) is 3.93. The second kappa shape index (κ2) is 10.0. The number of guanidine groups is 1. The van der Waals surface area contributed by atoms with Gasteiger partial charge in [0.25, 0.3) is 0 Å². The van der Waals surface area contributed by atoms with E-state index in [0.717, 1.165) is 28.5 Å². The molecular formula is C25H23N7O2S2. The number of benzene rings is 3. The van der Waals surface area contributed by atoms with Gasteiger partial charge in [0.15, 0.2) is 0 Å². The van der Waals surface area contributed by atoms with Crippen LogP contribution >= 0.6 is 11.7 Å². The van der Waals surface area contributed by atoms with Gasteiger partial charge in [-0.2, -0.15) is 18.3 Å². The summed E-state index contributed by atoms with van der Waals surface area (Å²) in [5.74, 6) is 0.389. The fourth-order valence-electron chi connectivity index (χ4n) is 4.31. The number of para-hydroxylation sites is 1. The smallest absolute Gasteiger partial charge is 0.243 e. The van der Waals surface area contributed by atoms with Crippen LogP contribution in [0, 0.1) is 18.4 Å². The van der Waals surface area contributed by atoms with Gasteiger partial charge in [-0.25, -0.2) is 8.42 Å². The van der Waals surface area contributed by atoms with Crippen LogP contribution in [-0.2, 0) is 10.0 Å². The highest BCUT2D eigenvalue weighted by Crippen LogP contribution is 2.32. The lowest BCUT2D eigenvalue weighted by Crippen LogP contribution is -2.53. The molecule has 11 heteroatoms. The van der Waals surface area contributed by atoms with E-state index in [9.17, 15) is 13.7 Å². The normalized spacial score (nSPS) is 17.2. The van der Waals surface area contributed by atoms with Crippen LogP contribution in [0.15, 0.2) is 82.7 Å². The van der Waals surface area contributed by atoms with Gasteiger partial charge in [-0.05, 0) is 42.3 Å². The predicted octanol–water partition coefficient (Wildman–Crippen LogP) is 4.00. The Morgan fingerprint density at radius 1 is 1.06 bits per heavy atom. The van der Waals surface area contributed by atoms with E-state index in [-0.39, 0.29) is 11.4 Å². The third-order valence-electron chi connectivity index (χ3n) is 6.19. The van der Waals surface area contributed by atoms with Crippen molar-refractivity contribution in [2.24, 2.45) is 4.99 Å². The van der Waals surface area contributed by atoms with E-state index in [1.54, 1.807) is 18.2 Å². The van der Waals surface area contributed by atoms with Gasteiger partial charge in [-0.15, -0.1) is 4.99 Å². The fraction of sp³-hybridized carbons (Fsp3) is 0.200. The molecule has 2 heterocycles. The van der Waals surface area contributed by atoms with E-state index in [4.69, 9.17) is 0 Å². The first kappa shape index (κ1) is 23.9. The van der Waals surface area contributed by atoms with Crippen molar-refractivity contribution in [1.82, 2.24) is 18.0 Å². The molecule has 1 unspecified atom stereocenters. The second-order valence-corrected chi connectivity index (χ2v) is 10.8. The first-order valence-electron chi connectivity index (χ1n) is 11.3. The van der Waals surface area contributed by atoms with Crippen molar-refractivity contribution in [2.75, 3.05) is 25.0 Å². The van der Waals surface area contributed by atoms with Crippen molar-refractivity contribution in [3.05, 3.63) is 83.9 Å². The van der Waals surface area contributed by atoms with Crippen molar-refractivity contribution < 1.29 is 8.42 Å². The molecule has 1 aromatic heterocycles. The van der Waals surface area contributed by atoms with Gasteiger partial charge in [0.05, 0.1) is 22.7 Å². The van der Waals surface area contributed by atoms with Crippen LogP contribution in [0.3, 0.4) is 0 Å². The Morgan fingerprint density at radius 3 is 2.58 bits per heavy atom. The highest BCUT2D eigenvalue weighted by atomic mass is 32.2. The molecule has 0 radical (unpaired) electrons. The Labute approximate surface area is 213 Å². The average molecular weight is 518 g/mol. The molecule has 1 fully saturated rings. The third-order valence-corrected chi connectivity index (χ3v) is 8.66. The Hall–Kier alpha value is -3.85. The van der Waals surface area contributed by atoms with Crippen molar-refractivity contribution in [1.29, 1.82) is 5.26 Å². The summed E-state index contributed by atoms with van der Waals surface area (Å²) in [7, 11) is -3.84. The van der Waals surface area contributed by atoms with Gasteiger partial charge in [-0.3, -0.25) is 0 Å². The molecule has 1 aliphatic heterocycles. The minimum atomic E-state index is -3.84. The molecule has 4 aromatic rings. The van der Waals surface area contributed by atoms with Gasteiger partial charge in [0.1, 0.15) is 11.0 Å². The predicted molar refractivity (Wildman–Crippen MR) is 140 cm³/mol. The second-order valence-electron chi connectivity index (χ2n) is 8.38. The Kier molecular flexibility index (Phi) is 6.65. The van der Waals surface area contributed by atoms with Crippen LogP contribution in [0.2, 0.25) is 0 Å². The molecule has 0 amide bonds. The summed E-state index contributed by atoms with van der Waals surface area (Å²) in [6.07, 6.45) is 1.88. The van der Waals surface area contributed by atoms with Gasteiger partial charge in [0.2, 0.25) is 22.2 Å². The van der Waals surface area contributed by atoms with E-state index in [2.05, 4.69) is 19.1 Å². The van der Waals surface area contributed by atoms with E-state index in [0.29, 0.717) is 30.1 Å². The number of fused-ring (bicyclic) bond motifs is 1. The molecule has 36 heavy (non-hydrogen) atoms. The van der Waals surface area contributed by atoms with Crippen LogP contribution in [0.5, 0.6) is 0 Å². The summed E-state index contributed by atoms with van der Waals surface area (Å²) in [4.78, 5) is 6.15. The van der Waals surface area contributed by atoms with Crippen LogP contribution in [0.4, 0.5) is 5.69 Å². The lowest BCUT2D eigenvalue weighted by molar-refractivity contribution is 0.194. The Balaban J connectivity index is 1.49. The number of sulfonamides is 1. The molecule has 9 nitrogen and oxygen atoms in total. The largest absolute Gasteiger partial charge is 0.339 e. The van der Waals surface area contributed by atoms with Gasteiger partial charge in [-0.1, -0.05) is 48.5 Å². The van der Waals surface area contributed by atoms with Gasteiger partial charge >= 0.3 is 0 Å². The molecule has 1 N–H and O–H groups in total. The number of nitrogens with zero attached hydrogens (tertiary/aromatic N) is 6. The number of hydrogen-bond acceptors (Lipinski definition) is 7. The number of aromatic nitrogens is 2. The molecular weight excluding hydrogens is 494 g/mol. The summed E-state index contributed by atoms with van der Waals surface area (Å²) in [6.45, 7) is 2.87. The Morgan fingerprint density at radius 2 is 1.81 bits per heavy atom. The van der Waals surface area contributed by atoms with Crippen molar-refractivity contribution >= 4 is 44.4 Å². The zero-order valence-corrected chi connectivity index (χ0v) is 21.1. The number of aliphatic imine (C=N–C) groups is 1. The maximum atomic E-state index is 13.8. The zero-order chi connectivity index (χ0) is 25.1. The molecule has 3 aromatic carbocycles. The highest BCUT2D eigenvalue weighted by Gasteiger charge is 2.38. The van der Waals surface area contributed by atoms with Gasteiger partial charge in [0, 0.05) is 25.3 Å². The minimum absolute atomic E-state index is 0.182. The molecule has 182 valence electrons. The SMILES string of the molecule is Cc1ccccc1N/C(=N\C#N)N1CCN(S(=O)(=O)c2ccc3nsnc3c2)C(c2ccccc2)C1. The Bertz CT molecular complexity index is 1560. The zero-order valence-electron chi connectivity index (χ0n) is 19.4. The van der Waals surface area contributed by atoms with E-state index in [1.807, 2.05) is 72.6 Å². The summed E-state index contributed by atoms with van der Waals surface area (Å²) in [5, 5.41) is 12.6. The third kappa shape index (κ3) is 4.66. The average Bonchev–Trinajstić information content (AvgIpc) is 3.38. The highest BCUT2D eigenvalue weighted by molar-refractivity contribution is 7.89. The summed E-state index contributed by atoms with van der Waals surface area (Å²) >= 11 is 1.05. The first-order valence-corrected chi connectivity index (χ1v) is 13.5. The first-order chi connectivity index (χ1) is 17.5. The fourth-order valence-corrected chi connectivity index (χ4v) is 6.44. The molecule has 1 aliphatic rings. The minimum Gasteiger partial charge on any atom is -0.339 e. The van der Waals surface area contributed by atoms with Crippen molar-refractivity contribution in [2.45, 2.75) is 17.9 Å². The van der Waals surface area contributed by atoms with Crippen LogP contribution < -0.4 is 5.32 Å². The number of aryl methyl sites for hydroxylation is 1. The summed E-state index contributed by atoms with van der Waals surface area (Å²) in [6, 6.07) is 21.6. The molecule has 0 bridgehead atoms. The number of hydrogen-bond donors (Lipinski definition) is 1. The van der Waals surface area contributed by atoms with Gasteiger partial charge < -0.3 is 10.2 Å². The van der Waals surface area contributed by atoms with E-state index >= 15 is 0 Å². The standard InChI is InChI=1S/C25H23N7O2S2/c1-18-7-5-6-10-21(18)28-25(27-17-26)31-13-14-32(24(16-31)19-8-3-2-4-9-19)36(33,34)20-11-12-22-23(15-20)30-35-29-22/h2-12,15,24H,13-14,16H2,1H3,(H,27,28). The van der Waals surface area contributed by atoms with E-state index in [1.165, 1.54) is 4.31 Å². The number of piperazine rings is 1. The number of anilines is 1. The number of rotatable bonds is 4. The summed E-state index contributed by atoms with van der Waals surface area (Å²) < 4.78 is 37.6. The molecule has 5 rings (SSSR count). The molecule has 1 saturated heterocycles. The number of nitriles is 1. The van der Waals surface area contributed by atoms with Crippen LogP contribution in [0.1, 0.15) is 17.2 Å². The van der Waals surface area contributed by atoms with Crippen molar-refractivity contribution in [3.8, 4) is 6.19 Å². The van der Waals surface area contributed by atoms with Crippen LogP contribution in [-0.4, -0.2) is 52.0 Å². The quantitative estimate of drug-likeness (QED) is 0.247. The molecule has 0 aliphatic carbocycles. The lowest BCUT2D eigenvalue weighted by Gasteiger charge is -2.41. The van der Waals surface area contributed by atoms with Crippen LogP contribution in [0.25, 0.3) is 11.0 Å². The monoisotopic (exact) mass is 517 g/mol. The van der Waals surface area contributed by atoms with Crippen molar-refractivity contribution in [3.63, 3.8) is 0 Å². The molecule has 0 saturated carbocycles. The maximum Gasteiger partial charge on any atom is 0.243 e. The molecule has 1 atom stereocenters. The van der Waals surface area contributed by atoms with E-state index < -0.39 is 16.1 Å². The molecule has 0 spiro atoms. The maximum absolute atomic E-state index is 13.8.